The van der Waals surface area contributed by atoms with E-state index >= 15 is 0 Å². The first kappa shape index (κ1) is 17.5. The molecule has 0 spiro atoms. The van der Waals surface area contributed by atoms with Crippen LogP contribution in [0, 0.1) is 5.82 Å². The summed E-state index contributed by atoms with van der Waals surface area (Å²) in [6, 6.07) is 14.0. The Kier molecular flexibility index (Phi) is 4.19. The molecule has 3 aromatic carbocycles. The SMILES string of the molecule is O=C(NC(=O)c1c(O)cccc1O)NC1c2ccccc2-c2cccc(F)c21. The van der Waals surface area contributed by atoms with E-state index in [0.29, 0.717) is 16.7 Å². The van der Waals surface area contributed by atoms with Crippen molar-refractivity contribution in [2.24, 2.45) is 0 Å². The number of halogens is 1. The number of hydrogen-bond acceptors (Lipinski definition) is 4. The Hall–Kier alpha value is -3.87. The molecule has 1 atom stereocenters. The second-order valence-electron chi connectivity index (χ2n) is 6.32. The van der Waals surface area contributed by atoms with Crippen molar-refractivity contribution in [3.8, 4) is 22.6 Å². The van der Waals surface area contributed by atoms with Gasteiger partial charge in [-0.3, -0.25) is 10.1 Å². The van der Waals surface area contributed by atoms with Crippen molar-refractivity contribution in [1.29, 1.82) is 0 Å². The smallest absolute Gasteiger partial charge is 0.322 e. The zero-order valence-corrected chi connectivity index (χ0v) is 14.4. The lowest BCUT2D eigenvalue weighted by molar-refractivity contribution is 0.0958. The summed E-state index contributed by atoms with van der Waals surface area (Å²) in [5, 5.41) is 24.2. The molecule has 1 aliphatic rings. The first-order chi connectivity index (χ1) is 13.5. The van der Waals surface area contributed by atoms with Gasteiger partial charge < -0.3 is 15.5 Å². The van der Waals surface area contributed by atoms with Crippen LogP contribution >= 0.6 is 0 Å². The highest BCUT2D eigenvalue weighted by Gasteiger charge is 2.32. The molecule has 0 heterocycles. The van der Waals surface area contributed by atoms with E-state index in [9.17, 15) is 24.2 Å². The minimum atomic E-state index is -0.979. The third-order valence-corrected chi connectivity index (χ3v) is 4.65. The molecule has 3 amide bonds. The molecule has 3 aromatic rings. The van der Waals surface area contributed by atoms with Gasteiger partial charge in [0, 0.05) is 5.56 Å². The third kappa shape index (κ3) is 2.83. The van der Waals surface area contributed by atoms with Crippen LogP contribution in [0.2, 0.25) is 0 Å². The standard InChI is InChI=1S/C21H15FN2O4/c22-14-8-3-7-12-11-5-1-2-6-13(11)19(17(12)14)23-21(28)24-20(27)18-15(25)9-4-10-16(18)26/h1-10,19,25-26H,(H2,23,24,27,28). The molecular formula is C21H15FN2O4. The quantitative estimate of drug-likeness (QED) is 0.549. The van der Waals surface area contributed by atoms with Crippen molar-refractivity contribution in [3.05, 3.63) is 83.2 Å². The minimum Gasteiger partial charge on any atom is -0.507 e. The Bertz CT molecular complexity index is 1090. The van der Waals surface area contributed by atoms with Crippen molar-refractivity contribution >= 4 is 11.9 Å². The average molecular weight is 378 g/mol. The van der Waals surface area contributed by atoms with Crippen LogP contribution in [-0.2, 0) is 0 Å². The van der Waals surface area contributed by atoms with E-state index in [-0.39, 0.29) is 0 Å². The molecular weight excluding hydrogens is 363 g/mol. The van der Waals surface area contributed by atoms with Gasteiger partial charge in [0.05, 0.1) is 6.04 Å². The number of aromatic hydroxyl groups is 2. The fraction of sp³-hybridized carbons (Fsp3) is 0.0476. The van der Waals surface area contributed by atoms with E-state index in [1.54, 1.807) is 24.3 Å². The van der Waals surface area contributed by atoms with Gasteiger partial charge in [-0.1, -0.05) is 42.5 Å². The maximum absolute atomic E-state index is 14.5. The predicted molar refractivity (Wildman–Crippen MR) is 99.4 cm³/mol. The fourth-order valence-corrected chi connectivity index (χ4v) is 3.46. The van der Waals surface area contributed by atoms with E-state index in [1.807, 2.05) is 12.1 Å². The number of urea groups is 1. The van der Waals surface area contributed by atoms with Crippen LogP contribution in [0.4, 0.5) is 9.18 Å². The normalized spacial score (nSPS) is 14.1. The van der Waals surface area contributed by atoms with Crippen LogP contribution in [-0.4, -0.2) is 22.2 Å². The number of amides is 3. The summed E-state index contributed by atoms with van der Waals surface area (Å²) in [4.78, 5) is 24.7. The van der Waals surface area contributed by atoms with Crippen molar-refractivity contribution in [3.63, 3.8) is 0 Å². The largest absolute Gasteiger partial charge is 0.507 e. The summed E-state index contributed by atoms with van der Waals surface area (Å²) in [5.74, 6) is -2.38. The molecule has 4 rings (SSSR count). The van der Waals surface area contributed by atoms with Gasteiger partial charge in [-0.05, 0) is 34.9 Å². The molecule has 0 saturated heterocycles. The molecule has 0 radical (unpaired) electrons. The zero-order chi connectivity index (χ0) is 19.8. The molecule has 7 heteroatoms. The Balaban J connectivity index is 1.61. The van der Waals surface area contributed by atoms with Crippen molar-refractivity contribution in [2.45, 2.75) is 6.04 Å². The monoisotopic (exact) mass is 378 g/mol. The van der Waals surface area contributed by atoms with Gasteiger partial charge in [-0.25, -0.2) is 9.18 Å². The second-order valence-corrected chi connectivity index (χ2v) is 6.32. The number of phenolic OH excluding ortho intramolecular Hbond substituents is 2. The number of nitrogens with one attached hydrogen (secondary N) is 2. The van der Waals surface area contributed by atoms with E-state index in [1.165, 1.54) is 24.3 Å². The molecule has 1 unspecified atom stereocenters. The molecule has 0 bridgehead atoms. The molecule has 0 saturated carbocycles. The Morgan fingerprint density at radius 3 is 2.25 bits per heavy atom. The fourth-order valence-electron chi connectivity index (χ4n) is 3.46. The molecule has 28 heavy (non-hydrogen) atoms. The number of rotatable bonds is 2. The van der Waals surface area contributed by atoms with Gasteiger partial charge in [-0.2, -0.15) is 0 Å². The third-order valence-electron chi connectivity index (χ3n) is 4.65. The molecule has 1 aliphatic carbocycles. The first-order valence-electron chi connectivity index (χ1n) is 8.48. The topological polar surface area (TPSA) is 98.7 Å². The van der Waals surface area contributed by atoms with Gasteiger partial charge in [0.1, 0.15) is 22.9 Å². The van der Waals surface area contributed by atoms with Crippen molar-refractivity contribution in [1.82, 2.24) is 10.6 Å². The van der Waals surface area contributed by atoms with Crippen LogP contribution in [0.1, 0.15) is 27.5 Å². The molecule has 4 N–H and O–H groups in total. The van der Waals surface area contributed by atoms with Crippen LogP contribution in [0.25, 0.3) is 11.1 Å². The number of phenols is 2. The maximum Gasteiger partial charge on any atom is 0.322 e. The number of benzene rings is 3. The van der Waals surface area contributed by atoms with Crippen molar-refractivity contribution in [2.75, 3.05) is 0 Å². The maximum atomic E-state index is 14.5. The second kappa shape index (κ2) is 6.70. The number of carbonyl (C=O) groups is 2. The van der Waals surface area contributed by atoms with E-state index in [0.717, 1.165) is 5.56 Å². The number of hydrogen-bond donors (Lipinski definition) is 4. The molecule has 140 valence electrons. The van der Waals surface area contributed by atoms with E-state index in [2.05, 4.69) is 10.6 Å². The summed E-state index contributed by atoms with van der Waals surface area (Å²) in [7, 11) is 0. The predicted octanol–water partition coefficient (Wildman–Crippen LogP) is 3.45. The molecule has 0 aliphatic heterocycles. The van der Waals surface area contributed by atoms with Gasteiger partial charge >= 0.3 is 6.03 Å². The van der Waals surface area contributed by atoms with Gasteiger partial charge in [-0.15, -0.1) is 0 Å². The summed E-state index contributed by atoms with van der Waals surface area (Å²) >= 11 is 0. The van der Waals surface area contributed by atoms with Crippen LogP contribution in [0.15, 0.2) is 60.7 Å². The lowest BCUT2D eigenvalue weighted by Crippen LogP contribution is -2.41. The highest BCUT2D eigenvalue weighted by molar-refractivity contribution is 6.07. The number of imide groups is 1. The van der Waals surface area contributed by atoms with Crippen LogP contribution in [0.3, 0.4) is 0 Å². The Morgan fingerprint density at radius 1 is 0.857 bits per heavy atom. The highest BCUT2D eigenvalue weighted by Crippen LogP contribution is 2.44. The Morgan fingerprint density at radius 2 is 1.50 bits per heavy atom. The molecule has 0 aromatic heterocycles. The van der Waals surface area contributed by atoms with Crippen LogP contribution < -0.4 is 10.6 Å². The number of fused-ring (bicyclic) bond motifs is 3. The minimum absolute atomic E-state index is 0.316. The average Bonchev–Trinajstić information content (AvgIpc) is 2.97. The summed E-state index contributed by atoms with van der Waals surface area (Å²) in [6.07, 6.45) is 0. The summed E-state index contributed by atoms with van der Waals surface area (Å²) < 4.78 is 14.5. The first-order valence-corrected chi connectivity index (χ1v) is 8.48. The highest BCUT2D eigenvalue weighted by atomic mass is 19.1. The summed E-state index contributed by atoms with van der Waals surface area (Å²) in [5.41, 5.74) is 2.07. The van der Waals surface area contributed by atoms with Gasteiger partial charge in [0.2, 0.25) is 0 Å². The molecule has 0 fully saturated rings. The van der Waals surface area contributed by atoms with Gasteiger partial charge in [0.25, 0.3) is 5.91 Å². The number of carbonyl (C=O) groups excluding carboxylic acids is 2. The molecule has 6 nitrogen and oxygen atoms in total. The summed E-state index contributed by atoms with van der Waals surface area (Å²) in [6.45, 7) is 0. The lowest BCUT2D eigenvalue weighted by Gasteiger charge is -2.17. The zero-order valence-electron chi connectivity index (χ0n) is 14.4. The van der Waals surface area contributed by atoms with Crippen molar-refractivity contribution < 1.29 is 24.2 Å². The van der Waals surface area contributed by atoms with E-state index in [4.69, 9.17) is 0 Å². The van der Waals surface area contributed by atoms with Crippen LogP contribution in [0.5, 0.6) is 11.5 Å². The van der Waals surface area contributed by atoms with Gasteiger partial charge in [0.15, 0.2) is 0 Å². The van der Waals surface area contributed by atoms with E-state index < -0.39 is 40.9 Å². The lowest BCUT2D eigenvalue weighted by atomic mass is 10.1. The Labute approximate surface area is 159 Å².